The molecule has 2 aliphatic carbocycles. The SMILES string of the molecule is C=C(C)C(=O)OC1CCC(C2CCC(c3cc(-c4ccc(OC(=O)C(=C)COC)cc4)ccc3OC(=O)C(=C)CO)CC2)CC1. The van der Waals surface area contributed by atoms with Crippen molar-refractivity contribution in [2.45, 2.75) is 70.3 Å². The second-order valence-electron chi connectivity index (χ2n) is 12.2. The van der Waals surface area contributed by atoms with Crippen molar-refractivity contribution in [3.8, 4) is 22.6 Å². The number of aliphatic hydroxyl groups excluding tert-OH is 1. The van der Waals surface area contributed by atoms with E-state index >= 15 is 0 Å². The molecule has 4 rings (SSSR count). The van der Waals surface area contributed by atoms with Crippen LogP contribution in [0.25, 0.3) is 11.1 Å². The third-order valence-electron chi connectivity index (χ3n) is 8.92. The Morgan fingerprint density at radius 1 is 0.756 bits per heavy atom. The van der Waals surface area contributed by atoms with E-state index in [9.17, 15) is 19.5 Å². The summed E-state index contributed by atoms with van der Waals surface area (Å²) < 4.78 is 21.7. The molecule has 0 bridgehead atoms. The molecule has 0 amide bonds. The lowest BCUT2D eigenvalue weighted by atomic mass is 9.69. The summed E-state index contributed by atoms with van der Waals surface area (Å²) in [4.78, 5) is 36.7. The second-order valence-corrected chi connectivity index (χ2v) is 12.2. The van der Waals surface area contributed by atoms with E-state index in [1.165, 1.54) is 7.11 Å². The van der Waals surface area contributed by atoms with E-state index in [0.29, 0.717) is 28.9 Å². The summed E-state index contributed by atoms with van der Waals surface area (Å²) in [7, 11) is 1.49. The van der Waals surface area contributed by atoms with Crippen LogP contribution < -0.4 is 9.47 Å². The molecule has 2 aromatic carbocycles. The maximum Gasteiger partial charge on any atom is 0.341 e. The number of ether oxygens (including phenoxy) is 4. The van der Waals surface area contributed by atoms with Gasteiger partial charge in [0, 0.05) is 12.7 Å². The van der Waals surface area contributed by atoms with Crippen LogP contribution in [0.5, 0.6) is 11.5 Å². The predicted molar refractivity (Wildman–Crippen MR) is 172 cm³/mol. The van der Waals surface area contributed by atoms with Gasteiger partial charge >= 0.3 is 17.9 Å². The smallest absolute Gasteiger partial charge is 0.341 e. The molecule has 0 unspecified atom stereocenters. The van der Waals surface area contributed by atoms with Crippen LogP contribution in [-0.4, -0.2) is 49.4 Å². The first-order valence-electron chi connectivity index (χ1n) is 15.6. The van der Waals surface area contributed by atoms with Crippen LogP contribution in [0.4, 0.5) is 0 Å². The first-order chi connectivity index (χ1) is 21.6. The Morgan fingerprint density at radius 3 is 1.91 bits per heavy atom. The largest absolute Gasteiger partial charge is 0.459 e. The van der Waals surface area contributed by atoms with Gasteiger partial charge in [-0.25, -0.2) is 14.4 Å². The summed E-state index contributed by atoms with van der Waals surface area (Å²) >= 11 is 0. The van der Waals surface area contributed by atoms with E-state index in [-0.39, 0.29) is 35.7 Å². The summed E-state index contributed by atoms with van der Waals surface area (Å²) in [6.07, 6.45) is 7.93. The number of carbonyl (C=O) groups excluding carboxylic acids is 3. The average Bonchev–Trinajstić information content (AvgIpc) is 3.05. The number of carbonyl (C=O) groups is 3. The fourth-order valence-corrected chi connectivity index (χ4v) is 6.34. The number of benzene rings is 2. The molecule has 0 atom stereocenters. The molecule has 0 spiro atoms. The molecular formula is C37H44O8. The van der Waals surface area contributed by atoms with Crippen molar-refractivity contribution in [2.24, 2.45) is 11.8 Å². The molecule has 8 heteroatoms. The highest BCUT2D eigenvalue weighted by atomic mass is 16.5. The molecule has 0 aliphatic heterocycles. The molecule has 0 saturated heterocycles. The van der Waals surface area contributed by atoms with Crippen molar-refractivity contribution in [1.82, 2.24) is 0 Å². The Morgan fingerprint density at radius 2 is 1.33 bits per heavy atom. The number of methoxy groups -OCH3 is 1. The summed E-state index contributed by atoms with van der Waals surface area (Å²) in [5, 5.41) is 9.39. The first-order valence-corrected chi connectivity index (χ1v) is 15.6. The van der Waals surface area contributed by atoms with Gasteiger partial charge < -0.3 is 24.1 Å². The Bertz CT molecular complexity index is 1410. The minimum absolute atomic E-state index is 0.00316. The Hall–Kier alpha value is -4.01. The van der Waals surface area contributed by atoms with Crippen LogP contribution in [0.3, 0.4) is 0 Å². The fraction of sp³-hybridized carbons (Fsp3) is 0.432. The van der Waals surface area contributed by atoms with E-state index < -0.39 is 18.5 Å². The third kappa shape index (κ3) is 9.02. The lowest BCUT2D eigenvalue weighted by Gasteiger charge is -2.38. The van der Waals surface area contributed by atoms with Gasteiger partial charge in [-0.15, -0.1) is 0 Å². The topological polar surface area (TPSA) is 108 Å². The lowest BCUT2D eigenvalue weighted by Crippen LogP contribution is -2.29. The minimum Gasteiger partial charge on any atom is -0.459 e. The molecule has 240 valence electrons. The monoisotopic (exact) mass is 616 g/mol. The maximum atomic E-state index is 12.6. The van der Waals surface area contributed by atoms with Crippen LogP contribution in [0.15, 0.2) is 78.9 Å². The van der Waals surface area contributed by atoms with Gasteiger partial charge in [-0.2, -0.15) is 0 Å². The van der Waals surface area contributed by atoms with Gasteiger partial charge in [0.15, 0.2) is 0 Å². The predicted octanol–water partition coefficient (Wildman–Crippen LogP) is 6.87. The molecule has 8 nitrogen and oxygen atoms in total. The molecule has 0 radical (unpaired) electrons. The van der Waals surface area contributed by atoms with Crippen LogP contribution in [0.1, 0.15) is 69.8 Å². The summed E-state index contributed by atoms with van der Waals surface area (Å²) in [5.74, 6) is 0.802. The Balaban J connectivity index is 1.45. The van der Waals surface area contributed by atoms with E-state index in [1.807, 2.05) is 18.2 Å². The van der Waals surface area contributed by atoms with Crippen LogP contribution in [0, 0.1) is 11.8 Å². The molecule has 2 saturated carbocycles. The van der Waals surface area contributed by atoms with E-state index in [0.717, 1.165) is 68.1 Å². The zero-order valence-electron chi connectivity index (χ0n) is 26.3. The second kappa shape index (κ2) is 15.8. The molecule has 2 aliphatic rings. The van der Waals surface area contributed by atoms with Crippen LogP contribution >= 0.6 is 0 Å². The number of rotatable bonds is 12. The van der Waals surface area contributed by atoms with Gasteiger partial charge in [0.25, 0.3) is 0 Å². The zero-order valence-corrected chi connectivity index (χ0v) is 26.3. The van der Waals surface area contributed by atoms with Gasteiger partial charge in [-0.1, -0.05) is 37.9 Å². The molecular weight excluding hydrogens is 572 g/mol. The normalized spacial score (nSPS) is 21.3. The van der Waals surface area contributed by atoms with Crippen molar-refractivity contribution in [3.05, 3.63) is 84.5 Å². The van der Waals surface area contributed by atoms with Gasteiger partial charge in [0.05, 0.1) is 24.4 Å². The van der Waals surface area contributed by atoms with Crippen molar-refractivity contribution in [2.75, 3.05) is 20.3 Å². The molecule has 0 heterocycles. The summed E-state index contributed by atoms with van der Waals surface area (Å²) in [6, 6.07) is 13.0. The lowest BCUT2D eigenvalue weighted by molar-refractivity contribution is -0.146. The van der Waals surface area contributed by atoms with Crippen molar-refractivity contribution < 1.29 is 38.4 Å². The Labute approximate surface area is 265 Å². The number of hydrogen-bond acceptors (Lipinski definition) is 8. The number of hydrogen-bond donors (Lipinski definition) is 1. The standard InChI is InChI=1S/C37H44O8/c1-23(2)35(39)43-31-15-10-27(11-16-31)26-6-8-29(9-7-26)33-20-30(14-19-34(33)45-36(40)24(3)21-38)28-12-17-32(18-13-28)44-37(41)25(4)22-42-5/h12-14,17-20,26-27,29,31,38H,1,3-4,6-11,15-16,21-22H2,2,5H3. The molecule has 45 heavy (non-hydrogen) atoms. The molecule has 2 aromatic rings. The van der Waals surface area contributed by atoms with Crippen molar-refractivity contribution in [3.63, 3.8) is 0 Å². The van der Waals surface area contributed by atoms with Gasteiger partial charge in [0.1, 0.15) is 17.6 Å². The maximum absolute atomic E-state index is 12.6. The Kier molecular flexibility index (Phi) is 11.9. The van der Waals surface area contributed by atoms with Crippen LogP contribution in [0.2, 0.25) is 0 Å². The first kappa shape index (κ1) is 33.9. The fourth-order valence-electron chi connectivity index (χ4n) is 6.34. The van der Waals surface area contributed by atoms with Crippen molar-refractivity contribution >= 4 is 17.9 Å². The minimum atomic E-state index is -0.648. The zero-order chi connectivity index (χ0) is 32.5. The van der Waals surface area contributed by atoms with Gasteiger partial charge in [0.2, 0.25) is 0 Å². The number of aliphatic hydroxyl groups is 1. The summed E-state index contributed by atoms with van der Waals surface area (Å²) in [6.45, 7) is 12.3. The van der Waals surface area contributed by atoms with E-state index in [2.05, 4.69) is 25.8 Å². The highest BCUT2D eigenvalue weighted by molar-refractivity contribution is 5.90. The molecule has 2 fully saturated rings. The quantitative estimate of drug-likeness (QED) is 0.156. The number of esters is 3. The highest BCUT2D eigenvalue weighted by Gasteiger charge is 2.33. The summed E-state index contributed by atoms with van der Waals surface area (Å²) in [5.41, 5.74) is 3.47. The highest BCUT2D eigenvalue weighted by Crippen LogP contribution is 2.46. The van der Waals surface area contributed by atoms with E-state index in [1.54, 1.807) is 25.1 Å². The van der Waals surface area contributed by atoms with Gasteiger partial charge in [-0.05, 0) is 117 Å². The van der Waals surface area contributed by atoms with Crippen molar-refractivity contribution in [1.29, 1.82) is 0 Å². The molecule has 0 aromatic heterocycles. The average molecular weight is 617 g/mol. The van der Waals surface area contributed by atoms with E-state index in [4.69, 9.17) is 18.9 Å². The van der Waals surface area contributed by atoms with Gasteiger partial charge in [-0.3, -0.25) is 0 Å². The third-order valence-corrected chi connectivity index (χ3v) is 8.92. The van der Waals surface area contributed by atoms with Crippen LogP contribution in [-0.2, 0) is 23.9 Å². The molecule has 1 N–H and O–H groups in total.